The fraction of sp³-hybridized carbons (Fsp3) is 0.261. The van der Waals surface area contributed by atoms with Gasteiger partial charge in [0.2, 0.25) is 0 Å². The molecule has 0 spiro atoms. The van der Waals surface area contributed by atoms with Crippen LogP contribution in [0.15, 0.2) is 46.6 Å². The summed E-state index contributed by atoms with van der Waals surface area (Å²) in [4.78, 5) is 25.7. The summed E-state index contributed by atoms with van der Waals surface area (Å²) >= 11 is 7.61. The molecule has 0 aliphatic carbocycles. The van der Waals surface area contributed by atoms with Gasteiger partial charge in [-0.05, 0) is 36.6 Å². The van der Waals surface area contributed by atoms with Crippen LogP contribution in [-0.4, -0.2) is 34.2 Å². The number of ether oxygens (including phenoxy) is 1. The summed E-state index contributed by atoms with van der Waals surface area (Å²) in [5.74, 6) is 0.664. The van der Waals surface area contributed by atoms with E-state index in [2.05, 4.69) is 16.0 Å². The highest BCUT2D eigenvalue weighted by Crippen LogP contribution is 2.33. The highest BCUT2D eigenvalue weighted by molar-refractivity contribution is 7.10. The van der Waals surface area contributed by atoms with Gasteiger partial charge in [0, 0.05) is 35.1 Å². The molecule has 0 amide bonds. The molecule has 4 heterocycles. The second-order valence-corrected chi connectivity index (χ2v) is 9.11. The van der Waals surface area contributed by atoms with Crippen molar-refractivity contribution in [2.75, 3.05) is 24.6 Å². The lowest BCUT2D eigenvalue weighted by Crippen LogP contribution is -2.38. The number of halogens is 2. The first-order valence-corrected chi connectivity index (χ1v) is 11.4. The third-order valence-corrected chi connectivity index (χ3v) is 6.91. The maximum atomic E-state index is 14.9. The molecule has 5 rings (SSSR count). The number of aryl methyl sites for hydroxylation is 1. The van der Waals surface area contributed by atoms with Gasteiger partial charge < -0.3 is 9.64 Å². The summed E-state index contributed by atoms with van der Waals surface area (Å²) in [7, 11) is 1.65. The summed E-state index contributed by atoms with van der Waals surface area (Å²) < 4.78 is 22.3. The van der Waals surface area contributed by atoms with Crippen LogP contribution in [0.1, 0.15) is 16.8 Å². The minimum atomic E-state index is -0.537. The molecule has 0 N–H and O–H groups in total. The van der Waals surface area contributed by atoms with E-state index in [1.54, 1.807) is 43.5 Å². The molecular weight excluding hydrogens is 451 g/mol. The average molecular weight is 471 g/mol. The molecule has 1 aromatic carbocycles. The topological polar surface area (TPSA) is 60.2 Å². The Balaban J connectivity index is 1.69. The molecule has 1 aliphatic rings. The van der Waals surface area contributed by atoms with Crippen LogP contribution in [0.5, 0.6) is 0 Å². The van der Waals surface area contributed by atoms with Crippen molar-refractivity contribution in [3.05, 3.63) is 73.7 Å². The number of aromatic nitrogens is 3. The van der Waals surface area contributed by atoms with E-state index in [4.69, 9.17) is 21.3 Å². The van der Waals surface area contributed by atoms with Crippen LogP contribution in [0, 0.1) is 12.7 Å². The van der Waals surface area contributed by atoms with Crippen LogP contribution in [0.3, 0.4) is 0 Å². The third kappa shape index (κ3) is 3.68. The van der Waals surface area contributed by atoms with Crippen molar-refractivity contribution in [3.63, 3.8) is 0 Å². The van der Waals surface area contributed by atoms with Crippen molar-refractivity contribution in [2.24, 2.45) is 7.05 Å². The number of anilines is 1. The number of hydrogen-bond donors (Lipinski definition) is 0. The highest BCUT2D eigenvalue weighted by atomic mass is 35.5. The summed E-state index contributed by atoms with van der Waals surface area (Å²) in [6.45, 7) is 3.54. The van der Waals surface area contributed by atoms with Gasteiger partial charge in [-0.2, -0.15) is 0 Å². The van der Waals surface area contributed by atoms with Crippen LogP contribution >= 0.6 is 22.9 Å². The van der Waals surface area contributed by atoms with Crippen molar-refractivity contribution >= 4 is 39.7 Å². The van der Waals surface area contributed by atoms with Crippen LogP contribution in [0.25, 0.3) is 22.2 Å². The molecule has 1 atom stereocenters. The molecule has 1 aliphatic heterocycles. The summed E-state index contributed by atoms with van der Waals surface area (Å²) in [5, 5.41) is 2.59. The Hall–Kier alpha value is -2.81. The lowest BCUT2D eigenvalue weighted by atomic mass is 10.1. The first-order valence-electron chi connectivity index (χ1n) is 10.2. The molecule has 164 valence electrons. The number of hydrogen-bond acceptors (Lipinski definition) is 6. The second-order valence-electron chi connectivity index (χ2n) is 7.69. The maximum absolute atomic E-state index is 14.9. The van der Waals surface area contributed by atoms with Crippen LogP contribution in [0.2, 0.25) is 5.02 Å². The van der Waals surface area contributed by atoms with Crippen molar-refractivity contribution in [3.8, 4) is 11.3 Å². The number of fused-ring (bicyclic) bond motifs is 1. The third-order valence-electron chi connectivity index (χ3n) is 5.71. The molecule has 1 saturated heterocycles. The van der Waals surface area contributed by atoms with Crippen LogP contribution in [-0.2, 0) is 11.8 Å². The Kier molecular flexibility index (Phi) is 5.44. The van der Waals surface area contributed by atoms with E-state index in [0.29, 0.717) is 36.9 Å². The Morgan fingerprint density at radius 3 is 2.84 bits per heavy atom. The van der Waals surface area contributed by atoms with Crippen molar-refractivity contribution in [2.45, 2.75) is 13.0 Å². The molecule has 4 aromatic rings. The SMILES string of the molecule is Cc1nc2cc(N3CCO[C@@H](c4cccs4)C3)nc(-c3ccc(Cl)cc3F)c2c(=O)n1C. The average Bonchev–Trinajstić information content (AvgIpc) is 3.32. The minimum absolute atomic E-state index is 0.0738. The number of rotatable bonds is 3. The van der Waals surface area contributed by atoms with E-state index in [1.165, 1.54) is 10.6 Å². The number of pyridine rings is 1. The van der Waals surface area contributed by atoms with Gasteiger partial charge in [0.1, 0.15) is 23.6 Å². The Labute approximate surface area is 192 Å². The standard InChI is InChI=1S/C23H20ClFN4O2S/c1-13-26-17-11-20(29-7-8-31-18(12-29)19-4-3-9-32-19)27-22(21(17)23(30)28(13)2)15-6-5-14(24)10-16(15)25/h3-6,9-11,18H,7-8,12H2,1-2H3/t18-/m1/s1. The van der Waals surface area contributed by atoms with E-state index < -0.39 is 5.82 Å². The van der Waals surface area contributed by atoms with Gasteiger partial charge in [-0.1, -0.05) is 17.7 Å². The van der Waals surface area contributed by atoms with Crippen molar-refractivity contribution in [1.29, 1.82) is 0 Å². The lowest BCUT2D eigenvalue weighted by Gasteiger charge is -2.33. The van der Waals surface area contributed by atoms with Crippen molar-refractivity contribution in [1.82, 2.24) is 14.5 Å². The van der Waals surface area contributed by atoms with E-state index in [1.807, 2.05) is 11.4 Å². The van der Waals surface area contributed by atoms with Crippen LogP contribution in [0.4, 0.5) is 10.2 Å². The summed E-state index contributed by atoms with van der Waals surface area (Å²) in [5.41, 5.74) is 0.694. The number of nitrogens with zero attached hydrogens (tertiary/aromatic N) is 4. The number of benzene rings is 1. The van der Waals surface area contributed by atoms with E-state index in [-0.39, 0.29) is 33.3 Å². The zero-order chi connectivity index (χ0) is 22.4. The molecule has 3 aromatic heterocycles. The van der Waals surface area contributed by atoms with Gasteiger partial charge in [-0.25, -0.2) is 14.4 Å². The fourth-order valence-corrected chi connectivity index (χ4v) is 4.85. The molecule has 0 unspecified atom stereocenters. The Bertz CT molecular complexity index is 1370. The van der Waals surface area contributed by atoms with E-state index >= 15 is 0 Å². The Morgan fingerprint density at radius 2 is 2.09 bits per heavy atom. The van der Waals surface area contributed by atoms with Gasteiger partial charge in [0.05, 0.1) is 29.7 Å². The molecule has 9 heteroatoms. The van der Waals surface area contributed by atoms with Crippen molar-refractivity contribution < 1.29 is 9.13 Å². The predicted molar refractivity (Wildman–Crippen MR) is 125 cm³/mol. The van der Waals surface area contributed by atoms with Gasteiger partial charge in [-0.3, -0.25) is 9.36 Å². The molecule has 1 fully saturated rings. The molecule has 6 nitrogen and oxygen atoms in total. The quantitative estimate of drug-likeness (QED) is 0.433. The fourth-order valence-electron chi connectivity index (χ4n) is 3.92. The summed E-state index contributed by atoms with van der Waals surface area (Å²) in [6.07, 6.45) is -0.0738. The smallest absolute Gasteiger partial charge is 0.263 e. The number of morpholine rings is 1. The van der Waals surface area contributed by atoms with Gasteiger partial charge in [0.15, 0.2) is 0 Å². The van der Waals surface area contributed by atoms with Gasteiger partial charge in [-0.15, -0.1) is 11.3 Å². The Morgan fingerprint density at radius 1 is 1.25 bits per heavy atom. The highest BCUT2D eigenvalue weighted by Gasteiger charge is 2.26. The zero-order valence-corrected chi connectivity index (χ0v) is 19.1. The molecule has 0 saturated carbocycles. The second kappa shape index (κ2) is 8.27. The van der Waals surface area contributed by atoms with Gasteiger partial charge >= 0.3 is 0 Å². The molecule has 0 radical (unpaired) electrons. The largest absolute Gasteiger partial charge is 0.369 e. The van der Waals surface area contributed by atoms with Crippen LogP contribution < -0.4 is 10.5 Å². The molecule has 32 heavy (non-hydrogen) atoms. The lowest BCUT2D eigenvalue weighted by molar-refractivity contribution is 0.0419. The molecular formula is C23H20ClFN4O2S. The zero-order valence-electron chi connectivity index (χ0n) is 17.5. The molecule has 0 bridgehead atoms. The maximum Gasteiger partial charge on any atom is 0.263 e. The minimum Gasteiger partial charge on any atom is -0.369 e. The van der Waals surface area contributed by atoms with E-state index in [9.17, 15) is 9.18 Å². The predicted octanol–water partition coefficient (Wildman–Crippen LogP) is 4.74. The summed E-state index contributed by atoms with van der Waals surface area (Å²) in [6, 6.07) is 10.2. The van der Waals surface area contributed by atoms with E-state index in [0.717, 1.165) is 4.88 Å². The normalized spacial score (nSPS) is 16.6. The first-order chi connectivity index (χ1) is 15.4. The number of thiophene rings is 1. The van der Waals surface area contributed by atoms with Gasteiger partial charge in [0.25, 0.3) is 5.56 Å². The first kappa shape index (κ1) is 21.1. The monoisotopic (exact) mass is 470 g/mol.